The Bertz CT molecular complexity index is 423. The van der Waals surface area contributed by atoms with E-state index in [0.717, 1.165) is 30.3 Å². The van der Waals surface area contributed by atoms with Crippen LogP contribution in [0.1, 0.15) is 5.76 Å². The Morgan fingerprint density at radius 2 is 2.00 bits per heavy atom. The van der Waals surface area contributed by atoms with Gasteiger partial charge in [0.05, 0.1) is 12.8 Å². The van der Waals surface area contributed by atoms with Crippen molar-refractivity contribution in [3.63, 3.8) is 0 Å². The zero-order chi connectivity index (χ0) is 11.9. The Morgan fingerprint density at radius 1 is 1.18 bits per heavy atom. The fraction of sp³-hybridized carbons (Fsp3) is 0.231. The molecule has 2 rings (SSSR count). The molecule has 1 heterocycles. The van der Waals surface area contributed by atoms with E-state index < -0.39 is 0 Å². The Labute approximate surface area is 100 Å². The fourth-order valence-electron chi connectivity index (χ4n) is 1.43. The molecule has 1 aromatic carbocycles. The summed E-state index contributed by atoms with van der Waals surface area (Å²) in [6, 6.07) is 11.2. The standard InChI is InChI=1S/C13H16N2O2/c14-11-3-5-12(6-4-11)17-9-7-15-10-13-2-1-8-16-13/h1-6,8,15H,7,9-10,14H2. The molecule has 4 heteroatoms. The minimum absolute atomic E-state index is 0.616. The number of ether oxygens (including phenoxy) is 1. The Balaban J connectivity index is 1.61. The summed E-state index contributed by atoms with van der Waals surface area (Å²) in [5.41, 5.74) is 6.32. The van der Waals surface area contributed by atoms with Gasteiger partial charge in [-0.3, -0.25) is 0 Å². The minimum atomic E-state index is 0.616. The first-order chi connectivity index (χ1) is 8.34. The van der Waals surface area contributed by atoms with Crippen molar-refractivity contribution in [2.45, 2.75) is 6.54 Å². The first kappa shape index (κ1) is 11.5. The molecule has 90 valence electrons. The van der Waals surface area contributed by atoms with Gasteiger partial charge in [-0.05, 0) is 36.4 Å². The predicted octanol–water partition coefficient (Wildman–Crippen LogP) is 2.03. The van der Waals surface area contributed by atoms with Crippen LogP contribution in [-0.4, -0.2) is 13.2 Å². The third-order valence-electron chi connectivity index (χ3n) is 2.31. The van der Waals surface area contributed by atoms with Crippen molar-refractivity contribution >= 4 is 5.69 Å². The monoisotopic (exact) mass is 232 g/mol. The fourth-order valence-corrected chi connectivity index (χ4v) is 1.43. The van der Waals surface area contributed by atoms with Crippen LogP contribution in [0.2, 0.25) is 0 Å². The molecule has 0 aliphatic carbocycles. The van der Waals surface area contributed by atoms with Crippen molar-refractivity contribution in [2.24, 2.45) is 0 Å². The number of anilines is 1. The third kappa shape index (κ3) is 3.85. The highest BCUT2D eigenvalue weighted by atomic mass is 16.5. The van der Waals surface area contributed by atoms with Gasteiger partial charge in [0.15, 0.2) is 0 Å². The van der Waals surface area contributed by atoms with E-state index in [-0.39, 0.29) is 0 Å². The molecule has 0 saturated carbocycles. The van der Waals surface area contributed by atoms with Crippen molar-refractivity contribution in [1.29, 1.82) is 0 Å². The molecule has 0 amide bonds. The molecule has 0 bridgehead atoms. The van der Waals surface area contributed by atoms with Crippen LogP contribution in [0, 0.1) is 0 Å². The molecule has 0 spiro atoms. The maximum atomic E-state index is 5.58. The second-order valence-corrected chi connectivity index (χ2v) is 3.67. The van der Waals surface area contributed by atoms with Gasteiger partial charge in [-0.1, -0.05) is 0 Å². The van der Waals surface area contributed by atoms with Crippen molar-refractivity contribution < 1.29 is 9.15 Å². The normalized spacial score (nSPS) is 10.4. The zero-order valence-electron chi connectivity index (χ0n) is 9.56. The highest BCUT2D eigenvalue weighted by Crippen LogP contribution is 2.12. The zero-order valence-corrected chi connectivity index (χ0v) is 9.56. The maximum absolute atomic E-state index is 5.58. The molecule has 0 atom stereocenters. The molecule has 4 nitrogen and oxygen atoms in total. The van der Waals surface area contributed by atoms with Gasteiger partial charge in [0, 0.05) is 12.2 Å². The number of furan rings is 1. The first-order valence-corrected chi connectivity index (χ1v) is 5.56. The van der Waals surface area contributed by atoms with E-state index >= 15 is 0 Å². The number of benzene rings is 1. The molecule has 0 radical (unpaired) electrons. The van der Waals surface area contributed by atoms with E-state index in [4.69, 9.17) is 14.9 Å². The number of rotatable bonds is 6. The summed E-state index contributed by atoms with van der Waals surface area (Å²) >= 11 is 0. The summed E-state index contributed by atoms with van der Waals surface area (Å²) in [6.45, 7) is 2.10. The van der Waals surface area contributed by atoms with Gasteiger partial charge in [0.25, 0.3) is 0 Å². The van der Waals surface area contributed by atoms with Gasteiger partial charge < -0.3 is 20.2 Å². The van der Waals surface area contributed by atoms with Gasteiger partial charge in [-0.2, -0.15) is 0 Å². The molecule has 17 heavy (non-hydrogen) atoms. The third-order valence-corrected chi connectivity index (χ3v) is 2.31. The SMILES string of the molecule is Nc1ccc(OCCNCc2ccco2)cc1. The van der Waals surface area contributed by atoms with E-state index in [0.29, 0.717) is 6.61 Å². The van der Waals surface area contributed by atoms with Crippen molar-refractivity contribution in [2.75, 3.05) is 18.9 Å². The molecule has 0 unspecified atom stereocenters. The highest BCUT2D eigenvalue weighted by Gasteiger charge is 1.95. The van der Waals surface area contributed by atoms with Crippen LogP contribution in [0.15, 0.2) is 47.1 Å². The highest BCUT2D eigenvalue weighted by molar-refractivity contribution is 5.41. The number of hydrogen-bond donors (Lipinski definition) is 2. The second-order valence-electron chi connectivity index (χ2n) is 3.67. The van der Waals surface area contributed by atoms with E-state index in [1.165, 1.54) is 0 Å². The largest absolute Gasteiger partial charge is 0.492 e. The van der Waals surface area contributed by atoms with Gasteiger partial charge in [0.1, 0.15) is 18.1 Å². The quantitative estimate of drug-likeness (QED) is 0.591. The summed E-state index contributed by atoms with van der Waals surface area (Å²) in [4.78, 5) is 0. The number of nitrogens with one attached hydrogen (secondary N) is 1. The molecule has 2 aromatic rings. The van der Waals surface area contributed by atoms with Gasteiger partial charge in [-0.25, -0.2) is 0 Å². The van der Waals surface area contributed by atoms with Crippen LogP contribution in [0.4, 0.5) is 5.69 Å². The van der Waals surface area contributed by atoms with Gasteiger partial charge in [-0.15, -0.1) is 0 Å². The van der Waals surface area contributed by atoms with Gasteiger partial charge >= 0.3 is 0 Å². The second kappa shape index (κ2) is 5.96. The average molecular weight is 232 g/mol. The van der Waals surface area contributed by atoms with E-state index in [1.54, 1.807) is 6.26 Å². The number of nitrogens with two attached hydrogens (primary N) is 1. The number of hydrogen-bond acceptors (Lipinski definition) is 4. The van der Waals surface area contributed by atoms with E-state index in [2.05, 4.69) is 5.32 Å². The van der Waals surface area contributed by atoms with Crippen LogP contribution < -0.4 is 15.8 Å². The predicted molar refractivity (Wildman–Crippen MR) is 66.8 cm³/mol. The molecule has 3 N–H and O–H groups in total. The average Bonchev–Trinajstić information content (AvgIpc) is 2.84. The van der Waals surface area contributed by atoms with Crippen LogP contribution in [-0.2, 0) is 6.54 Å². The Morgan fingerprint density at radius 3 is 2.71 bits per heavy atom. The summed E-state index contributed by atoms with van der Waals surface area (Å²) < 4.78 is 10.7. The summed E-state index contributed by atoms with van der Waals surface area (Å²) in [5, 5.41) is 3.23. The van der Waals surface area contributed by atoms with Gasteiger partial charge in [0.2, 0.25) is 0 Å². The van der Waals surface area contributed by atoms with Crippen molar-refractivity contribution in [3.05, 3.63) is 48.4 Å². The van der Waals surface area contributed by atoms with Crippen LogP contribution in [0.3, 0.4) is 0 Å². The summed E-state index contributed by atoms with van der Waals surface area (Å²) in [6.07, 6.45) is 1.67. The van der Waals surface area contributed by atoms with Crippen LogP contribution in [0.5, 0.6) is 5.75 Å². The maximum Gasteiger partial charge on any atom is 0.119 e. The molecular weight excluding hydrogens is 216 g/mol. The first-order valence-electron chi connectivity index (χ1n) is 5.56. The lowest BCUT2D eigenvalue weighted by Crippen LogP contribution is -2.20. The smallest absolute Gasteiger partial charge is 0.119 e. The number of nitrogen functional groups attached to an aromatic ring is 1. The summed E-state index contributed by atoms with van der Waals surface area (Å²) in [7, 11) is 0. The van der Waals surface area contributed by atoms with Crippen molar-refractivity contribution in [1.82, 2.24) is 5.32 Å². The van der Waals surface area contributed by atoms with E-state index in [1.807, 2.05) is 36.4 Å². The molecule has 0 fully saturated rings. The summed E-state index contributed by atoms with van der Waals surface area (Å²) in [5.74, 6) is 1.76. The Kier molecular flexibility index (Phi) is 4.05. The molecule has 0 saturated heterocycles. The molecule has 0 aliphatic rings. The van der Waals surface area contributed by atoms with Crippen LogP contribution >= 0.6 is 0 Å². The Hall–Kier alpha value is -1.94. The van der Waals surface area contributed by atoms with E-state index in [9.17, 15) is 0 Å². The lowest BCUT2D eigenvalue weighted by atomic mass is 10.3. The lowest BCUT2D eigenvalue weighted by Gasteiger charge is -2.06. The van der Waals surface area contributed by atoms with Crippen LogP contribution in [0.25, 0.3) is 0 Å². The molecular formula is C13H16N2O2. The lowest BCUT2D eigenvalue weighted by molar-refractivity contribution is 0.311. The molecule has 0 aliphatic heterocycles. The molecule has 1 aromatic heterocycles. The topological polar surface area (TPSA) is 60.4 Å². The van der Waals surface area contributed by atoms with Crippen molar-refractivity contribution in [3.8, 4) is 5.75 Å². The minimum Gasteiger partial charge on any atom is -0.492 e.